The first kappa shape index (κ1) is 13.4. The Hall–Kier alpha value is -1.56. The van der Waals surface area contributed by atoms with E-state index >= 15 is 0 Å². The van der Waals surface area contributed by atoms with Gasteiger partial charge in [-0.3, -0.25) is 0 Å². The van der Waals surface area contributed by atoms with E-state index in [1.54, 1.807) is 6.20 Å². The van der Waals surface area contributed by atoms with Crippen LogP contribution in [0.4, 0.5) is 0 Å². The van der Waals surface area contributed by atoms with Crippen molar-refractivity contribution >= 4 is 29.0 Å². The van der Waals surface area contributed by atoms with Crippen molar-refractivity contribution in [3.63, 3.8) is 0 Å². The Morgan fingerprint density at radius 3 is 2.90 bits per heavy atom. The van der Waals surface area contributed by atoms with Crippen LogP contribution >= 0.6 is 23.4 Å². The monoisotopic (exact) mass is 304 g/mol. The summed E-state index contributed by atoms with van der Waals surface area (Å²) < 4.78 is 2.07. The third-order valence-electron chi connectivity index (χ3n) is 2.87. The molecule has 0 unspecified atom stereocenters. The smallest absolute Gasteiger partial charge is 0.138 e. The summed E-state index contributed by atoms with van der Waals surface area (Å²) in [5.41, 5.74) is 7.75. The van der Waals surface area contributed by atoms with Gasteiger partial charge in [-0.25, -0.2) is 9.97 Å². The van der Waals surface area contributed by atoms with Gasteiger partial charge in [0.15, 0.2) is 0 Å². The Labute approximate surface area is 126 Å². The number of nitrogens with zero attached hydrogens (tertiary/aromatic N) is 3. The summed E-state index contributed by atoms with van der Waals surface area (Å²) in [4.78, 5) is 8.94. The van der Waals surface area contributed by atoms with Crippen LogP contribution in [-0.2, 0) is 6.42 Å². The van der Waals surface area contributed by atoms with E-state index in [2.05, 4.69) is 14.4 Å². The lowest BCUT2D eigenvalue weighted by Gasteiger charge is -2.03. The molecule has 3 aromatic rings. The van der Waals surface area contributed by atoms with Gasteiger partial charge in [-0.2, -0.15) is 0 Å². The fourth-order valence-electron chi connectivity index (χ4n) is 1.99. The minimum atomic E-state index is 0.588. The number of aromatic nitrogens is 3. The van der Waals surface area contributed by atoms with Crippen molar-refractivity contribution in [2.45, 2.75) is 16.5 Å². The zero-order chi connectivity index (χ0) is 13.9. The third kappa shape index (κ3) is 2.65. The molecule has 3 heterocycles. The van der Waals surface area contributed by atoms with E-state index < -0.39 is 0 Å². The van der Waals surface area contributed by atoms with E-state index in [1.807, 2.05) is 36.5 Å². The van der Waals surface area contributed by atoms with E-state index in [9.17, 15) is 0 Å². The van der Waals surface area contributed by atoms with Crippen molar-refractivity contribution in [3.8, 4) is 0 Å². The molecule has 3 rings (SSSR count). The summed E-state index contributed by atoms with van der Waals surface area (Å²) in [6, 6.07) is 9.67. The van der Waals surface area contributed by atoms with E-state index in [4.69, 9.17) is 17.3 Å². The molecule has 20 heavy (non-hydrogen) atoms. The predicted molar refractivity (Wildman–Crippen MR) is 81.3 cm³/mol. The molecule has 0 fully saturated rings. The van der Waals surface area contributed by atoms with Gasteiger partial charge >= 0.3 is 0 Å². The lowest BCUT2D eigenvalue weighted by Crippen LogP contribution is -2.05. The maximum Gasteiger partial charge on any atom is 0.138 e. The molecule has 4 nitrogen and oxygen atoms in total. The van der Waals surface area contributed by atoms with Crippen molar-refractivity contribution in [1.29, 1.82) is 0 Å². The number of fused-ring (bicyclic) bond motifs is 1. The van der Waals surface area contributed by atoms with Crippen LogP contribution in [0.5, 0.6) is 0 Å². The molecule has 0 spiro atoms. The Morgan fingerprint density at radius 1 is 1.25 bits per heavy atom. The zero-order valence-corrected chi connectivity index (χ0v) is 12.2. The normalized spacial score (nSPS) is 11.1. The summed E-state index contributed by atoms with van der Waals surface area (Å²) in [5, 5.41) is 2.44. The molecule has 3 aromatic heterocycles. The maximum atomic E-state index is 5.85. The fraction of sp³-hybridized carbons (Fsp3) is 0.143. The van der Waals surface area contributed by atoms with Crippen LogP contribution in [-0.4, -0.2) is 20.9 Å². The molecular formula is C14H13ClN4S. The van der Waals surface area contributed by atoms with E-state index in [0.29, 0.717) is 11.6 Å². The van der Waals surface area contributed by atoms with Crippen LogP contribution in [0.3, 0.4) is 0 Å². The largest absolute Gasteiger partial charge is 0.330 e. The summed E-state index contributed by atoms with van der Waals surface area (Å²) in [5.74, 6) is 0. The Morgan fingerprint density at radius 2 is 2.15 bits per heavy atom. The number of halogens is 1. The van der Waals surface area contributed by atoms with Crippen molar-refractivity contribution < 1.29 is 0 Å². The highest BCUT2D eigenvalue weighted by Crippen LogP contribution is 2.29. The van der Waals surface area contributed by atoms with Crippen LogP contribution < -0.4 is 5.73 Å². The number of hydrogen-bond acceptors (Lipinski definition) is 4. The summed E-state index contributed by atoms with van der Waals surface area (Å²) in [7, 11) is 0. The summed E-state index contributed by atoms with van der Waals surface area (Å²) >= 11 is 7.38. The standard InChI is InChI=1S/C14H13ClN4S/c15-10-4-5-13(17-9-10)20-14-11(6-7-16)19-8-2-1-3-12(19)18-14/h1-5,8-9H,6-7,16H2. The fourth-order valence-corrected chi connectivity index (χ4v) is 3.00. The molecule has 0 aromatic carbocycles. The molecule has 0 aliphatic heterocycles. The first-order valence-corrected chi connectivity index (χ1v) is 7.43. The van der Waals surface area contributed by atoms with Gasteiger partial charge < -0.3 is 10.1 Å². The first-order chi connectivity index (χ1) is 9.78. The minimum Gasteiger partial charge on any atom is -0.330 e. The van der Waals surface area contributed by atoms with Crippen LogP contribution in [0, 0.1) is 0 Å². The second-order valence-corrected chi connectivity index (χ2v) is 5.69. The molecule has 0 amide bonds. The average Bonchev–Trinajstić information content (AvgIpc) is 2.80. The molecule has 0 saturated carbocycles. The third-order valence-corrected chi connectivity index (χ3v) is 4.07. The van der Waals surface area contributed by atoms with E-state index in [-0.39, 0.29) is 0 Å². The summed E-state index contributed by atoms with van der Waals surface area (Å²) in [6.45, 7) is 0.588. The van der Waals surface area contributed by atoms with E-state index in [0.717, 1.165) is 27.8 Å². The molecule has 102 valence electrons. The second-order valence-electron chi connectivity index (χ2n) is 4.25. The molecule has 0 saturated heterocycles. The number of imidazole rings is 1. The quantitative estimate of drug-likeness (QED) is 0.805. The summed E-state index contributed by atoms with van der Waals surface area (Å²) in [6.07, 6.45) is 4.43. The Balaban J connectivity index is 2.01. The number of hydrogen-bond donors (Lipinski definition) is 1. The van der Waals surface area contributed by atoms with Gasteiger partial charge in [0.2, 0.25) is 0 Å². The van der Waals surface area contributed by atoms with Gasteiger partial charge in [0.25, 0.3) is 0 Å². The highest BCUT2D eigenvalue weighted by molar-refractivity contribution is 7.99. The molecule has 0 atom stereocenters. The zero-order valence-electron chi connectivity index (χ0n) is 10.7. The molecule has 0 aliphatic rings. The highest BCUT2D eigenvalue weighted by atomic mass is 35.5. The molecule has 0 bridgehead atoms. The van der Waals surface area contributed by atoms with Crippen LogP contribution in [0.15, 0.2) is 52.8 Å². The lowest BCUT2D eigenvalue weighted by molar-refractivity contribution is 0.875. The number of pyridine rings is 2. The maximum absolute atomic E-state index is 5.85. The van der Waals surface area contributed by atoms with Gasteiger partial charge in [-0.15, -0.1) is 0 Å². The van der Waals surface area contributed by atoms with Crippen molar-refractivity contribution in [2.24, 2.45) is 5.73 Å². The van der Waals surface area contributed by atoms with Crippen LogP contribution in [0.2, 0.25) is 5.02 Å². The lowest BCUT2D eigenvalue weighted by atomic mass is 10.3. The predicted octanol–water partition coefficient (Wildman–Crippen LogP) is 3.04. The highest BCUT2D eigenvalue weighted by Gasteiger charge is 2.13. The molecule has 0 radical (unpaired) electrons. The molecular weight excluding hydrogens is 292 g/mol. The number of rotatable bonds is 4. The first-order valence-electron chi connectivity index (χ1n) is 6.23. The molecule has 2 N–H and O–H groups in total. The second kappa shape index (κ2) is 5.83. The minimum absolute atomic E-state index is 0.588. The van der Waals surface area contributed by atoms with Gasteiger partial charge in [0.05, 0.1) is 10.7 Å². The average molecular weight is 305 g/mol. The van der Waals surface area contributed by atoms with E-state index in [1.165, 1.54) is 11.8 Å². The van der Waals surface area contributed by atoms with Crippen molar-refractivity contribution in [3.05, 3.63) is 53.4 Å². The Bertz CT molecular complexity index is 724. The topological polar surface area (TPSA) is 56.2 Å². The molecule has 0 aliphatic carbocycles. The van der Waals surface area contributed by atoms with Gasteiger partial charge in [-0.1, -0.05) is 17.7 Å². The van der Waals surface area contributed by atoms with Crippen molar-refractivity contribution in [1.82, 2.24) is 14.4 Å². The van der Waals surface area contributed by atoms with Crippen LogP contribution in [0.1, 0.15) is 5.69 Å². The molecule has 6 heteroatoms. The van der Waals surface area contributed by atoms with Gasteiger partial charge in [-0.05, 0) is 42.6 Å². The SMILES string of the molecule is NCCc1c(Sc2ccc(Cl)cn2)nc2ccccn12. The van der Waals surface area contributed by atoms with Gasteiger partial charge in [0, 0.05) is 18.8 Å². The van der Waals surface area contributed by atoms with Gasteiger partial charge in [0.1, 0.15) is 15.7 Å². The van der Waals surface area contributed by atoms with Crippen LogP contribution in [0.25, 0.3) is 5.65 Å². The number of nitrogens with two attached hydrogens (primary N) is 1. The Kier molecular flexibility index (Phi) is 3.91. The van der Waals surface area contributed by atoms with Crippen molar-refractivity contribution in [2.75, 3.05) is 6.54 Å².